The van der Waals surface area contributed by atoms with Gasteiger partial charge in [-0.05, 0) is 40.7 Å². The summed E-state index contributed by atoms with van der Waals surface area (Å²) >= 11 is 0. The van der Waals surface area contributed by atoms with Crippen LogP contribution in [0.4, 0.5) is 0 Å². The fourth-order valence-corrected chi connectivity index (χ4v) is 3.25. The summed E-state index contributed by atoms with van der Waals surface area (Å²) in [5.41, 5.74) is 0. The SMILES string of the molecule is CC(C)n1ccnc1CNC(=O)[C@@H](C)N(C)C1CCCCC1. The number of rotatable bonds is 6. The number of hydrogen-bond acceptors (Lipinski definition) is 3. The summed E-state index contributed by atoms with van der Waals surface area (Å²) < 4.78 is 2.09. The van der Waals surface area contributed by atoms with Crippen molar-refractivity contribution in [2.24, 2.45) is 0 Å². The molecule has 0 aromatic carbocycles. The third-order valence-electron chi connectivity index (χ3n) is 4.87. The molecule has 5 heteroatoms. The highest BCUT2D eigenvalue weighted by molar-refractivity contribution is 5.81. The first kappa shape index (κ1) is 17.0. The second-order valence-corrected chi connectivity index (χ2v) is 6.70. The van der Waals surface area contributed by atoms with E-state index in [1.165, 1.54) is 32.1 Å². The third-order valence-corrected chi connectivity index (χ3v) is 4.87. The van der Waals surface area contributed by atoms with Crippen molar-refractivity contribution in [3.05, 3.63) is 18.2 Å². The summed E-state index contributed by atoms with van der Waals surface area (Å²) in [4.78, 5) is 19.0. The van der Waals surface area contributed by atoms with E-state index < -0.39 is 0 Å². The molecule has 0 unspecified atom stereocenters. The Hall–Kier alpha value is -1.36. The molecule has 1 N–H and O–H groups in total. The zero-order valence-electron chi connectivity index (χ0n) is 14.4. The molecule has 1 aromatic rings. The van der Waals surface area contributed by atoms with Crippen LogP contribution in [0.2, 0.25) is 0 Å². The summed E-state index contributed by atoms with van der Waals surface area (Å²) in [6.07, 6.45) is 10.1. The van der Waals surface area contributed by atoms with Crippen molar-refractivity contribution >= 4 is 5.91 Å². The minimum Gasteiger partial charge on any atom is -0.348 e. The average molecular weight is 306 g/mol. The smallest absolute Gasteiger partial charge is 0.237 e. The highest BCUT2D eigenvalue weighted by atomic mass is 16.2. The van der Waals surface area contributed by atoms with Gasteiger partial charge in [-0.15, -0.1) is 0 Å². The zero-order valence-corrected chi connectivity index (χ0v) is 14.4. The van der Waals surface area contributed by atoms with Crippen LogP contribution >= 0.6 is 0 Å². The number of hydrogen-bond donors (Lipinski definition) is 1. The Morgan fingerprint density at radius 3 is 2.68 bits per heavy atom. The van der Waals surface area contributed by atoms with Gasteiger partial charge in [-0.1, -0.05) is 19.3 Å². The van der Waals surface area contributed by atoms with Gasteiger partial charge in [0.05, 0.1) is 12.6 Å². The lowest BCUT2D eigenvalue weighted by atomic mass is 9.93. The Balaban J connectivity index is 1.86. The van der Waals surface area contributed by atoms with Gasteiger partial charge in [0.15, 0.2) is 0 Å². The lowest BCUT2D eigenvalue weighted by Gasteiger charge is -2.34. The highest BCUT2D eigenvalue weighted by Crippen LogP contribution is 2.23. The van der Waals surface area contributed by atoms with E-state index in [0.29, 0.717) is 18.6 Å². The van der Waals surface area contributed by atoms with Crippen molar-refractivity contribution in [1.82, 2.24) is 19.8 Å². The summed E-state index contributed by atoms with van der Waals surface area (Å²) in [7, 11) is 2.08. The van der Waals surface area contributed by atoms with E-state index in [1.807, 2.05) is 13.1 Å². The molecular formula is C17H30N4O. The van der Waals surface area contributed by atoms with E-state index in [1.54, 1.807) is 6.20 Å². The van der Waals surface area contributed by atoms with Crippen LogP contribution in [0.3, 0.4) is 0 Å². The van der Waals surface area contributed by atoms with Crippen LogP contribution in [-0.4, -0.2) is 39.5 Å². The molecule has 2 rings (SSSR count). The van der Waals surface area contributed by atoms with Crippen LogP contribution in [0.25, 0.3) is 0 Å². The molecule has 0 bridgehead atoms. The van der Waals surface area contributed by atoms with Crippen LogP contribution in [0, 0.1) is 0 Å². The van der Waals surface area contributed by atoms with Gasteiger partial charge in [-0.25, -0.2) is 4.98 Å². The first-order valence-electron chi connectivity index (χ1n) is 8.52. The molecule has 0 aliphatic heterocycles. The maximum atomic E-state index is 12.4. The van der Waals surface area contributed by atoms with Gasteiger partial charge in [0.25, 0.3) is 0 Å². The molecule has 0 radical (unpaired) electrons. The maximum Gasteiger partial charge on any atom is 0.237 e. The van der Waals surface area contributed by atoms with Gasteiger partial charge in [0.1, 0.15) is 5.82 Å². The summed E-state index contributed by atoms with van der Waals surface area (Å²) in [6, 6.07) is 0.814. The lowest BCUT2D eigenvalue weighted by Crippen LogP contribution is -2.48. The number of likely N-dealkylation sites (N-methyl/N-ethyl adjacent to an activating group) is 1. The largest absolute Gasteiger partial charge is 0.348 e. The Morgan fingerprint density at radius 1 is 1.36 bits per heavy atom. The number of aromatic nitrogens is 2. The topological polar surface area (TPSA) is 50.2 Å². The van der Waals surface area contributed by atoms with Crippen molar-refractivity contribution in [3.63, 3.8) is 0 Å². The predicted octanol–water partition coefficient (Wildman–Crippen LogP) is 2.73. The molecule has 0 spiro atoms. The van der Waals surface area contributed by atoms with Crippen molar-refractivity contribution in [2.45, 2.75) is 77.5 Å². The maximum absolute atomic E-state index is 12.4. The number of amides is 1. The summed E-state index contributed by atoms with van der Waals surface area (Å²) in [5.74, 6) is 1.00. The van der Waals surface area contributed by atoms with Crippen LogP contribution in [-0.2, 0) is 11.3 Å². The normalized spacial score (nSPS) is 17.9. The Labute approximate surface area is 134 Å². The van der Waals surface area contributed by atoms with Gasteiger partial charge in [0, 0.05) is 24.5 Å². The van der Waals surface area contributed by atoms with Gasteiger partial charge in [-0.3, -0.25) is 9.69 Å². The molecule has 1 amide bonds. The molecule has 22 heavy (non-hydrogen) atoms. The van der Waals surface area contributed by atoms with Crippen molar-refractivity contribution < 1.29 is 4.79 Å². The summed E-state index contributed by atoms with van der Waals surface area (Å²) in [6.45, 7) is 6.73. The highest BCUT2D eigenvalue weighted by Gasteiger charge is 2.26. The number of carbonyl (C=O) groups excluding carboxylic acids is 1. The zero-order chi connectivity index (χ0) is 16.1. The molecule has 1 aliphatic rings. The molecular weight excluding hydrogens is 276 g/mol. The van der Waals surface area contributed by atoms with Gasteiger partial charge in [-0.2, -0.15) is 0 Å². The molecule has 1 aliphatic carbocycles. The van der Waals surface area contributed by atoms with Crippen LogP contribution in [0.15, 0.2) is 12.4 Å². The fraction of sp³-hybridized carbons (Fsp3) is 0.765. The number of nitrogens with zero attached hydrogens (tertiary/aromatic N) is 3. The van der Waals surface area contributed by atoms with Crippen LogP contribution in [0.1, 0.15) is 64.7 Å². The van der Waals surface area contributed by atoms with E-state index in [0.717, 1.165) is 5.82 Å². The van der Waals surface area contributed by atoms with E-state index >= 15 is 0 Å². The molecule has 1 fully saturated rings. The van der Waals surface area contributed by atoms with E-state index in [2.05, 4.69) is 40.7 Å². The van der Waals surface area contributed by atoms with Crippen molar-refractivity contribution in [2.75, 3.05) is 7.05 Å². The van der Waals surface area contributed by atoms with E-state index in [-0.39, 0.29) is 11.9 Å². The van der Waals surface area contributed by atoms with E-state index in [4.69, 9.17) is 0 Å². The quantitative estimate of drug-likeness (QED) is 0.879. The molecule has 1 saturated carbocycles. The molecule has 1 heterocycles. The second-order valence-electron chi connectivity index (χ2n) is 6.70. The molecule has 1 aromatic heterocycles. The average Bonchev–Trinajstić information content (AvgIpc) is 3.00. The van der Waals surface area contributed by atoms with Gasteiger partial charge in [0.2, 0.25) is 5.91 Å². The van der Waals surface area contributed by atoms with E-state index in [9.17, 15) is 4.79 Å². The Bertz CT molecular complexity index is 477. The second kappa shape index (κ2) is 7.77. The van der Waals surface area contributed by atoms with Crippen molar-refractivity contribution in [3.8, 4) is 0 Å². The number of carbonyl (C=O) groups is 1. The first-order chi connectivity index (χ1) is 10.5. The molecule has 1 atom stereocenters. The predicted molar refractivity (Wildman–Crippen MR) is 88.6 cm³/mol. The molecule has 0 saturated heterocycles. The Morgan fingerprint density at radius 2 is 2.05 bits per heavy atom. The third kappa shape index (κ3) is 4.09. The Kier molecular flexibility index (Phi) is 6.00. The van der Waals surface area contributed by atoms with Gasteiger partial charge < -0.3 is 9.88 Å². The minimum absolute atomic E-state index is 0.0892. The summed E-state index contributed by atoms with van der Waals surface area (Å²) in [5, 5.41) is 3.04. The monoisotopic (exact) mass is 306 g/mol. The number of imidazole rings is 1. The molecule has 124 valence electrons. The van der Waals surface area contributed by atoms with Crippen LogP contribution in [0.5, 0.6) is 0 Å². The minimum atomic E-state index is -0.0921. The van der Waals surface area contributed by atoms with Crippen LogP contribution < -0.4 is 5.32 Å². The number of nitrogens with one attached hydrogen (secondary N) is 1. The fourth-order valence-electron chi connectivity index (χ4n) is 3.25. The molecule has 5 nitrogen and oxygen atoms in total. The van der Waals surface area contributed by atoms with Gasteiger partial charge >= 0.3 is 0 Å². The van der Waals surface area contributed by atoms with Crippen molar-refractivity contribution in [1.29, 1.82) is 0 Å². The lowest BCUT2D eigenvalue weighted by molar-refractivity contribution is -0.126. The first-order valence-corrected chi connectivity index (χ1v) is 8.52. The standard InChI is InChI=1S/C17H30N4O/c1-13(2)21-11-10-18-16(21)12-19-17(22)14(3)20(4)15-8-6-5-7-9-15/h10-11,13-15H,5-9,12H2,1-4H3,(H,19,22)/t14-/m1/s1.